The Kier molecular flexibility index (Phi) is 7.25. The molecule has 32 heavy (non-hydrogen) atoms. The van der Waals surface area contributed by atoms with Gasteiger partial charge in [0, 0.05) is 12.8 Å². The summed E-state index contributed by atoms with van der Waals surface area (Å²) < 4.78 is 0. The fraction of sp³-hybridized carbons (Fsp3) is 0.333. The molecule has 0 radical (unpaired) electrons. The number of carboxylic acid groups (broad SMARTS) is 1. The molecule has 4 N–H and O–H groups in total. The van der Waals surface area contributed by atoms with E-state index in [1.165, 1.54) is 0 Å². The summed E-state index contributed by atoms with van der Waals surface area (Å²) in [5, 5.41) is 17.3. The second kappa shape index (κ2) is 10.1. The maximum absolute atomic E-state index is 12.5. The van der Waals surface area contributed by atoms with Crippen molar-refractivity contribution in [3.05, 3.63) is 70.8 Å². The molecular formula is C24H27N3O5. The highest BCUT2D eigenvalue weighted by molar-refractivity contribution is 5.99. The standard InChI is InChI=1S/C24H27N3O5/c1-14-7-6-8-15(2)17(14)12-20(24(31)32)25-21(28)13-19-23(30)26-18(22(29)27-19)11-16-9-4-3-5-10-16/h3-10,18-20H,11-13H2,1-2H3,(H,25,28)(H,26,30)(H,27,29)(H,31,32)/t18-,19-,20+/m0/s1. The van der Waals surface area contributed by atoms with Crippen molar-refractivity contribution < 1.29 is 24.3 Å². The van der Waals surface area contributed by atoms with Gasteiger partial charge in [-0.15, -0.1) is 0 Å². The van der Waals surface area contributed by atoms with Crippen LogP contribution in [0.15, 0.2) is 48.5 Å². The first kappa shape index (κ1) is 23.0. The fourth-order valence-corrected chi connectivity index (χ4v) is 3.83. The lowest BCUT2D eigenvalue weighted by atomic mass is 9.96. The maximum atomic E-state index is 12.5. The van der Waals surface area contributed by atoms with E-state index in [0.29, 0.717) is 6.42 Å². The first-order chi connectivity index (χ1) is 15.2. The highest BCUT2D eigenvalue weighted by Gasteiger charge is 2.35. The number of carbonyl (C=O) groups excluding carboxylic acids is 3. The van der Waals surface area contributed by atoms with E-state index >= 15 is 0 Å². The fourth-order valence-electron chi connectivity index (χ4n) is 3.83. The molecule has 1 saturated heterocycles. The number of hydrogen-bond donors (Lipinski definition) is 4. The Balaban J connectivity index is 1.59. The molecule has 1 aliphatic heterocycles. The van der Waals surface area contributed by atoms with Crippen LogP contribution in [-0.4, -0.2) is 46.9 Å². The van der Waals surface area contributed by atoms with Gasteiger partial charge in [0.2, 0.25) is 17.7 Å². The largest absolute Gasteiger partial charge is 0.480 e. The van der Waals surface area contributed by atoms with Gasteiger partial charge in [-0.05, 0) is 36.1 Å². The maximum Gasteiger partial charge on any atom is 0.326 e. The van der Waals surface area contributed by atoms with E-state index in [9.17, 15) is 24.3 Å². The number of rotatable bonds is 8. The van der Waals surface area contributed by atoms with Crippen molar-refractivity contribution in [2.45, 2.75) is 51.2 Å². The highest BCUT2D eigenvalue weighted by Crippen LogP contribution is 2.16. The third kappa shape index (κ3) is 5.72. The van der Waals surface area contributed by atoms with Crippen LogP contribution in [0.1, 0.15) is 28.7 Å². The Morgan fingerprint density at radius 3 is 2.16 bits per heavy atom. The molecule has 3 amide bonds. The third-order valence-electron chi connectivity index (χ3n) is 5.62. The molecule has 168 valence electrons. The second-order valence-electron chi connectivity index (χ2n) is 8.05. The molecule has 1 heterocycles. The van der Waals surface area contributed by atoms with Crippen LogP contribution in [0.5, 0.6) is 0 Å². The van der Waals surface area contributed by atoms with E-state index in [1.807, 2.05) is 62.4 Å². The summed E-state index contributed by atoms with van der Waals surface area (Å²) in [6.07, 6.45) is 0.127. The number of carboxylic acids is 1. The molecule has 2 aromatic carbocycles. The van der Waals surface area contributed by atoms with Crippen LogP contribution in [-0.2, 0) is 32.0 Å². The number of benzene rings is 2. The average molecular weight is 437 g/mol. The Labute approximate surface area is 186 Å². The van der Waals surface area contributed by atoms with Crippen LogP contribution < -0.4 is 16.0 Å². The zero-order chi connectivity index (χ0) is 23.3. The van der Waals surface area contributed by atoms with E-state index in [-0.39, 0.29) is 18.7 Å². The van der Waals surface area contributed by atoms with E-state index in [2.05, 4.69) is 16.0 Å². The lowest BCUT2D eigenvalue weighted by Crippen LogP contribution is -2.63. The van der Waals surface area contributed by atoms with Crippen LogP contribution in [0.2, 0.25) is 0 Å². The molecule has 0 bridgehead atoms. The summed E-state index contributed by atoms with van der Waals surface area (Å²) in [7, 11) is 0. The molecule has 8 heteroatoms. The molecule has 2 aromatic rings. The van der Waals surface area contributed by atoms with E-state index in [4.69, 9.17) is 0 Å². The SMILES string of the molecule is Cc1cccc(C)c1C[C@@H](NC(=O)C[C@@H]1NC(=O)[C@H](Cc2ccccc2)NC1=O)C(=O)O. The summed E-state index contributed by atoms with van der Waals surface area (Å²) >= 11 is 0. The van der Waals surface area contributed by atoms with Gasteiger partial charge in [0.25, 0.3) is 0 Å². The average Bonchev–Trinajstić information content (AvgIpc) is 2.74. The first-order valence-electron chi connectivity index (χ1n) is 10.5. The van der Waals surface area contributed by atoms with Gasteiger partial charge in [-0.2, -0.15) is 0 Å². The molecular weight excluding hydrogens is 410 g/mol. The normalized spacial score (nSPS) is 18.9. The van der Waals surface area contributed by atoms with Crippen molar-refractivity contribution in [2.75, 3.05) is 0 Å². The van der Waals surface area contributed by atoms with Gasteiger partial charge >= 0.3 is 5.97 Å². The van der Waals surface area contributed by atoms with Crippen LogP contribution >= 0.6 is 0 Å². The topological polar surface area (TPSA) is 125 Å². The van der Waals surface area contributed by atoms with Crippen molar-refractivity contribution >= 4 is 23.7 Å². The van der Waals surface area contributed by atoms with Crippen molar-refractivity contribution in [3.8, 4) is 0 Å². The molecule has 0 aliphatic carbocycles. The quantitative estimate of drug-likeness (QED) is 0.491. The molecule has 1 fully saturated rings. The first-order valence-corrected chi connectivity index (χ1v) is 10.5. The number of amides is 3. The van der Waals surface area contributed by atoms with Gasteiger partial charge in [-0.3, -0.25) is 14.4 Å². The zero-order valence-corrected chi connectivity index (χ0v) is 18.1. The predicted octanol–water partition coefficient (Wildman–Crippen LogP) is 1.03. The van der Waals surface area contributed by atoms with E-state index in [1.54, 1.807) is 0 Å². The minimum atomic E-state index is -1.17. The zero-order valence-electron chi connectivity index (χ0n) is 18.1. The Morgan fingerprint density at radius 2 is 1.53 bits per heavy atom. The van der Waals surface area contributed by atoms with Crippen molar-refractivity contribution in [2.24, 2.45) is 0 Å². The van der Waals surface area contributed by atoms with Crippen LogP contribution in [0.3, 0.4) is 0 Å². The summed E-state index contributed by atoms with van der Waals surface area (Å²) in [5.74, 6) is -2.63. The Hall–Kier alpha value is -3.68. The summed E-state index contributed by atoms with van der Waals surface area (Å²) in [6, 6.07) is 12.0. The van der Waals surface area contributed by atoms with Gasteiger partial charge < -0.3 is 21.1 Å². The van der Waals surface area contributed by atoms with Gasteiger partial charge in [-0.25, -0.2) is 4.79 Å². The lowest BCUT2D eigenvalue weighted by molar-refractivity contribution is -0.142. The van der Waals surface area contributed by atoms with Crippen LogP contribution in [0, 0.1) is 13.8 Å². The molecule has 0 saturated carbocycles. The van der Waals surface area contributed by atoms with Gasteiger partial charge in [0.05, 0.1) is 6.42 Å². The smallest absolute Gasteiger partial charge is 0.326 e. The predicted molar refractivity (Wildman–Crippen MR) is 118 cm³/mol. The van der Waals surface area contributed by atoms with Crippen molar-refractivity contribution in [1.29, 1.82) is 0 Å². The molecule has 0 aromatic heterocycles. The van der Waals surface area contributed by atoms with Crippen LogP contribution in [0.25, 0.3) is 0 Å². The van der Waals surface area contributed by atoms with E-state index < -0.39 is 35.9 Å². The molecule has 8 nitrogen and oxygen atoms in total. The number of hydrogen-bond acceptors (Lipinski definition) is 4. The second-order valence-corrected chi connectivity index (χ2v) is 8.05. The lowest BCUT2D eigenvalue weighted by Gasteiger charge is -2.29. The monoisotopic (exact) mass is 437 g/mol. The van der Waals surface area contributed by atoms with Gasteiger partial charge in [0.15, 0.2) is 0 Å². The number of aliphatic carboxylic acids is 1. The minimum Gasteiger partial charge on any atom is -0.480 e. The minimum absolute atomic E-state index is 0.127. The summed E-state index contributed by atoms with van der Waals surface area (Å²) in [4.78, 5) is 49.1. The molecule has 0 unspecified atom stereocenters. The Morgan fingerprint density at radius 1 is 0.938 bits per heavy atom. The van der Waals surface area contributed by atoms with Crippen molar-refractivity contribution in [3.63, 3.8) is 0 Å². The van der Waals surface area contributed by atoms with Gasteiger partial charge in [-0.1, -0.05) is 48.5 Å². The molecule has 0 spiro atoms. The highest BCUT2D eigenvalue weighted by atomic mass is 16.4. The number of carbonyl (C=O) groups is 4. The molecule has 3 rings (SSSR count). The summed E-state index contributed by atoms with van der Waals surface area (Å²) in [6.45, 7) is 3.77. The molecule has 1 aliphatic rings. The number of nitrogens with one attached hydrogen (secondary N) is 3. The van der Waals surface area contributed by atoms with Gasteiger partial charge in [0.1, 0.15) is 18.1 Å². The van der Waals surface area contributed by atoms with Crippen LogP contribution in [0.4, 0.5) is 0 Å². The Bertz CT molecular complexity index is 1000. The number of piperazine rings is 1. The molecule has 3 atom stereocenters. The number of aryl methyl sites for hydroxylation is 2. The van der Waals surface area contributed by atoms with E-state index in [0.717, 1.165) is 22.3 Å². The van der Waals surface area contributed by atoms with Crippen molar-refractivity contribution in [1.82, 2.24) is 16.0 Å². The summed E-state index contributed by atoms with van der Waals surface area (Å²) in [5.41, 5.74) is 3.63. The third-order valence-corrected chi connectivity index (χ3v) is 5.62.